The molecule has 0 aliphatic carbocycles. The van der Waals surface area contributed by atoms with Crippen LogP contribution < -0.4 is 4.74 Å². The van der Waals surface area contributed by atoms with Crippen molar-refractivity contribution in [2.75, 3.05) is 6.61 Å². The number of carbonyl (C=O) groups is 1. The summed E-state index contributed by atoms with van der Waals surface area (Å²) >= 11 is 0. The van der Waals surface area contributed by atoms with Crippen LogP contribution in [-0.2, 0) is 24.3 Å². The van der Waals surface area contributed by atoms with Gasteiger partial charge in [-0.3, -0.25) is 0 Å². The lowest BCUT2D eigenvalue weighted by molar-refractivity contribution is -0.0589. The summed E-state index contributed by atoms with van der Waals surface area (Å²) in [5, 5.41) is 18.4. The summed E-state index contributed by atoms with van der Waals surface area (Å²) in [5.41, 5.74) is 3.30. The molecule has 5 aromatic rings. The number of hydrogen-bond acceptors (Lipinski definition) is 6. The van der Waals surface area contributed by atoms with Gasteiger partial charge in [-0.2, -0.15) is 5.26 Å². The fraction of sp³-hybridized carbons (Fsp3) is 0.188. The second-order valence-electron chi connectivity index (χ2n) is 9.98. The lowest BCUT2D eigenvalue weighted by Gasteiger charge is -2.27. The van der Waals surface area contributed by atoms with E-state index in [4.69, 9.17) is 19.7 Å². The van der Waals surface area contributed by atoms with Gasteiger partial charge in [0.2, 0.25) is 5.88 Å². The minimum Gasteiger partial charge on any atom is -0.478 e. The van der Waals surface area contributed by atoms with Crippen LogP contribution in [0.2, 0.25) is 0 Å². The van der Waals surface area contributed by atoms with E-state index in [0.29, 0.717) is 47.6 Å². The molecular formula is C32H24F2N4O4. The van der Waals surface area contributed by atoms with Crippen molar-refractivity contribution in [3.05, 3.63) is 113 Å². The predicted octanol–water partition coefficient (Wildman–Crippen LogP) is 5.91. The first-order valence-corrected chi connectivity index (χ1v) is 13.3. The molecule has 0 spiro atoms. The maximum absolute atomic E-state index is 15.6. The number of pyridine rings is 1. The highest BCUT2D eigenvalue weighted by Gasteiger charge is 2.23. The molecule has 1 N–H and O–H groups in total. The second-order valence-corrected chi connectivity index (χ2v) is 9.98. The summed E-state index contributed by atoms with van der Waals surface area (Å²) in [6.45, 7) is 1.06. The third kappa shape index (κ3) is 5.42. The largest absolute Gasteiger partial charge is 0.478 e. The van der Waals surface area contributed by atoms with E-state index in [0.717, 1.165) is 12.5 Å². The Morgan fingerprint density at radius 2 is 1.95 bits per heavy atom. The smallest absolute Gasteiger partial charge is 0.335 e. The Balaban J connectivity index is 1.27. The van der Waals surface area contributed by atoms with Crippen LogP contribution in [0.5, 0.6) is 5.88 Å². The molecule has 10 heteroatoms. The van der Waals surface area contributed by atoms with Gasteiger partial charge < -0.3 is 19.1 Å². The lowest BCUT2D eigenvalue weighted by atomic mass is 10.0. The van der Waals surface area contributed by atoms with Gasteiger partial charge in [0.15, 0.2) is 0 Å². The number of ether oxygens (including phenoxy) is 2. The number of aromatic carboxylic acids is 1. The number of carboxylic acid groups (broad SMARTS) is 1. The van der Waals surface area contributed by atoms with Gasteiger partial charge in [0.25, 0.3) is 0 Å². The molecule has 42 heavy (non-hydrogen) atoms. The molecule has 1 fully saturated rings. The van der Waals surface area contributed by atoms with Crippen molar-refractivity contribution < 1.29 is 28.2 Å². The van der Waals surface area contributed by atoms with E-state index in [1.807, 2.05) is 10.6 Å². The van der Waals surface area contributed by atoms with E-state index in [1.165, 1.54) is 30.5 Å². The van der Waals surface area contributed by atoms with E-state index >= 15 is 4.39 Å². The van der Waals surface area contributed by atoms with Crippen molar-refractivity contribution in [3.8, 4) is 23.1 Å². The fourth-order valence-electron chi connectivity index (χ4n) is 4.94. The maximum atomic E-state index is 15.6. The van der Waals surface area contributed by atoms with Crippen molar-refractivity contribution >= 4 is 17.0 Å². The molecule has 3 heterocycles. The topological polar surface area (TPSA) is 110 Å². The highest BCUT2D eigenvalue weighted by atomic mass is 19.1. The van der Waals surface area contributed by atoms with Gasteiger partial charge in [-0.25, -0.2) is 23.5 Å². The molecule has 1 atom stereocenters. The zero-order chi connectivity index (χ0) is 29.2. The van der Waals surface area contributed by atoms with Gasteiger partial charge in [0.05, 0.1) is 40.9 Å². The summed E-state index contributed by atoms with van der Waals surface area (Å²) in [6.07, 6.45) is 2.73. The zero-order valence-electron chi connectivity index (χ0n) is 22.3. The number of nitrogens with zero attached hydrogens (tertiary/aromatic N) is 4. The molecule has 0 bridgehead atoms. The lowest BCUT2D eigenvalue weighted by Crippen LogP contribution is -2.31. The van der Waals surface area contributed by atoms with Gasteiger partial charge >= 0.3 is 5.97 Å². The summed E-state index contributed by atoms with van der Waals surface area (Å²) in [6, 6.07) is 19.0. The number of aromatic nitrogens is 3. The van der Waals surface area contributed by atoms with Crippen molar-refractivity contribution in [1.29, 1.82) is 5.26 Å². The molecule has 1 saturated heterocycles. The Morgan fingerprint density at radius 3 is 2.67 bits per heavy atom. The molecule has 8 nitrogen and oxygen atoms in total. The van der Waals surface area contributed by atoms with Crippen LogP contribution in [0, 0.1) is 23.0 Å². The van der Waals surface area contributed by atoms with Gasteiger partial charge in [-0.1, -0.05) is 18.2 Å². The standard InChI is InChI=1S/C32H24F2N4O4/c33-26-13-20(16-35)3-5-22(26)18-42-31-25(2-1-10-36-31)24-7-4-19(12-27(24)34)14-30-37-28-8-6-21(32(39)40)15-29(28)38(30)17-23-9-11-41-23/h1-8,10,12-13,15,23H,9,11,14,17-18H2,(H,39,40)/t23-/m0/s1. The van der Waals surface area contributed by atoms with E-state index in [1.54, 1.807) is 36.4 Å². The highest BCUT2D eigenvalue weighted by Crippen LogP contribution is 2.32. The zero-order valence-corrected chi connectivity index (χ0v) is 22.3. The highest BCUT2D eigenvalue weighted by molar-refractivity contribution is 5.92. The number of benzene rings is 3. The number of hydrogen-bond donors (Lipinski definition) is 1. The van der Waals surface area contributed by atoms with Crippen LogP contribution in [0.4, 0.5) is 8.78 Å². The minimum absolute atomic E-state index is 0.00973. The SMILES string of the molecule is N#Cc1ccc(COc2ncccc2-c2ccc(Cc3nc4ccc(C(=O)O)cc4n3C[C@@H]3CCO3)cc2F)c(F)c1. The molecule has 0 amide bonds. The van der Waals surface area contributed by atoms with Crippen LogP contribution in [0.15, 0.2) is 72.9 Å². The van der Waals surface area contributed by atoms with Crippen LogP contribution in [0.25, 0.3) is 22.2 Å². The number of imidazole rings is 1. The molecule has 3 aromatic carbocycles. The third-order valence-electron chi connectivity index (χ3n) is 7.26. The average molecular weight is 567 g/mol. The van der Waals surface area contributed by atoms with Crippen molar-refractivity contribution in [2.24, 2.45) is 0 Å². The number of carboxylic acids is 1. The molecular weight excluding hydrogens is 542 g/mol. The molecule has 2 aromatic heterocycles. The Kier molecular flexibility index (Phi) is 7.33. The normalized spacial score (nSPS) is 14.4. The number of nitriles is 1. The Hall–Kier alpha value is -5.14. The van der Waals surface area contributed by atoms with Gasteiger partial charge in [0.1, 0.15) is 24.1 Å². The summed E-state index contributed by atoms with van der Waals surface area (Å²) in [4.78, 5) is 20.5. The minimum atomic E-state index is -1.02. The number of halogens is 2. The summed E-state index contributed by atoms with van der Waals surface area (Å²) in [7, 11) is 0. The van der Waals surface area contributed by atoms with E-state index in [-0.39, 0.29) is 40.8 Å². The number of rotatable bonds is 9. The maximum Gasteiger partial charge on any atom is 0.335 e. The molecule has 210 valence electrons. The molecule has 1 aliphatic rings. The van der Waals surface area contributed by atoms with Crippen molar-refractivity contribution in [2.45, 2.75) is 32.1 Å². The predicted molar refractivity (Wildman–Crippen MR) is 149 cm³/mol. The van der Waals surface area contributed by atoms with E-state index in [2.05, 4.69) is 4.98 Å². The average Bonchev–Trinajstić information content (AvgIpc) is 3.30. The molecule has 6 rings (SSSR count). The van der Waals surface area contributed by atoms with Crippen LogP contribution in [0.3, 0.4) is 0 Å². The third-order valence-corrected chi connectivity index (χ3v) is 7.26. The molecule has 0 radical (unpaired) electrons. The van der Waals surface area contributed by atoms with Crippen LogP contribution in [0.1, 0.15) is 39.3 Å². The van der Waals surface area contributed by atoms with Gasteiger partial charge in [0, 0.05) is 35.9 Å². The molecule has 0 saturated carbocycles. The molecule has 0 unspecified atom stereocenters. The van der Waals surface area contributed by atoms with Crippen molar-refractivity contribution in [1.82, 2.24) is 14.5 Å². The van der Waals surface area contributed by atoms with Crippen LogP contribution in [-0.4, -0.2) is 38.3 Å². The number of fused-ring (bicyclic) bond motifs is 1. The Morgan fingerprint density at radius 1 is 1.10 bits per heavy atom. The van der Waals surface area contributed by atoms with Gasteiger partial charge in [-0.15, -0.1) is 0 Å². The quantitative estimate of drug-likeness (QED) is 0.236. The Labute approximate surface area is 239 Å². The first kappa shape index (κ1) is 27.1. The van der Waals surface area contributed by atoms with Crippen molar-refractivity contribution in [3.63, 3.8) is 0 Å². The molecule has 1 aliphatic heterocycles. The van der Waals surface area contributed by atoms with E-state index in [9.17, 15) is 14.3 Å². The van der Waals surface area contributed by atoms with Crippen LogP contribution >= 0.6 is 0 Å². The monoisotopic (exact) mass is 566 g/mol. The fourth-order valence-corrected chi connectivity index (χ4v) is 4.94. The second kappa shape index (κ2) is 11.4. The van der Waals surface area contributed by atoms with E-state index < -0.39 is 17.6 Å². The summed E-state index contributed by atoms with van der Waals surface area (Å²) < 4.78 is 43.3. The first-order chi connectivity index (χ1) is 20.4. The Bertz CT molecular complexity index is 1860. The van der Waals surface area contributed by atoms with Gasteiger partial charge in [-0.05, 0) is 60.5 Å². The summed E-state index contributed by atoms with van der Waals surface area (Å²) in [5.74, 6) is -1.27. The first-order valence-electron chi connectivity index (χ1n) is 13.3.